The lowest BCUT2D eigenvalue weighted by atomic mass is 9.89. The van der Waals surface area contributed by atoms with Crippen LogP contribution in [0, 0.1) is 11.7 Å². The standard InChI is InChI=1S/C19H21FN2O4S.ClH/c1-26-19(23)16-8-7-15(20)9-18(16)27(24,25)22-11-14(10-21)17(12-22)13-5-3-2-4-6-13;/h2-9,14,17H,10-12,21H2,1H3;1H/t14-,17+;/m1./s1. The molecule has 6 nitrogen and oxygen atoms in total. The monoisotopic (exact) mass is 428 g/mol. The van der Waals surface area contributed by atoms with Crippen molar-refractivity contribution in [3.05, 3.63) is 65.5 Å². The average molecular weight is 429 g/mol. The smallest absolute Gasteiger partial charge is 0.339 e. The van der Waals surface area contributed by atoms with Crippen LogP contribution in [0.2, 0.25) is 0 Å². The third kappa shape index (κ3) is 4.20. The normalized spacial score (nSPS) is 19.8. The summed E-state index contributed by atoms with van der Waals surface area (Å²) in [6.45, 7) is 0.736. The first-order chi connectivity index (χ1) is 12.9. The van der Waals surface area contributed by atoms with Gasteiger partial charge < -0.3 is 10.5 Å². The molecule has 0 radical (unpaired) electrons. The SMILES string of the molecule is COC(=O)c1ccc(F)cc1S(=O)(=O)N1C[C@@H](CN)[C@H](c2ccccc2)C1.Cl. The molecule has 0 saturated carbocycles. The Labute approximate surface area is 169 Å². The van der Waals surface area contributed by atoms with Gasteiger partial charge in [0, 0.05) is 19.0 Å². The van der Waals surface area contributed by atoms with Crippen LogP contribution in [0.25, 0.3) is 0 Å². The highest BCUT2D eigenvalue weighted by atomic mass is 35.5. The number of hydrogen-bond acceptors (Lipinski definition) is 5. The number of nitrogens with zero attached hydrogens (tertiary/aromatic N) is 1. The van der Waals surface area contributed by atoms with E-state index in [-0.39, 0.29) is 47.8 Å². The van der Waals surface area contributed by atoms with Gasteiger partial charge >= 0.3 is 5.97 Å². The van der Waals surface area contributed by atoms with Gasteiger partial charge in [-0.2, -0.15) is 4.31 Å². The lowest BCUT2D eigenvalue weighted by Gasteiger charge is -2.18. The molecule has 1 fully saturated rings. The van der Waals surface area contributed by atoms with Crippen molar-refractivity contribution in [2.75, 3.05) is 26.7 Å². The molecule has 152 valence electrons. The highest BCUT2D eigenvalue weighted by Gasteiger charge is 2.40. The Kier molecular flexibility index (Phi) is 7.16. The molecule has 0 amide bonds. The Bertz CT molecular complexity index is 940. The molecule has 1 saturated heterocycles. The van der Waals surface area contributed by atoms with Crippen molar-refractivity contribution in [1.82, 2.24) is 4.31 Å². The number of carbonyl (C=O) groups excluding carboxylic acids is 1. The molecule has 28 heavy (non-hydrogen) atoms. The average Bonchev–Trinajstić information content (AvgIpc) is 3.13. The highest BCUT2D eigenvalue weighted by molar-refractivity contribution is 7.89. The quantitative estimate of drug-likeness (QED) is 0.738. The number of esters is 1. The van der Waals surface area contributed by atoms with Crippen LogP contribution >= 0.6 is 12.4 Å². The summed E-state index contributed by atoms with van der Waals surface area (Å²) in [6.07, 6.45) is 0. The molecule has 1 heterocycles. The topological polar surface area (TPSA) is 89.7 Å². The van der Waals surface area contributed by atoms with Crippen LogP contribution in [0.3, 0.4) is 0 Å². The van der Waals surface area contributed by atoms with E-state index in [2.05, 4.69) is 4.74 Å². The van der Waals surface area contributed by atoms with Crippen LogP contribution < -0.4 is 5.73 Å². The van der Waals surface area contributed by atoms with Crippen LogP contribution in [-0.4, -0.2) is 45.4 Å². The van der Waals surface area contributed by atoms with E-state index in [1.165, 1.54) is 4.31 Å². The molecular weight excluding hydrogens is 407 g/mol. The van der Waals surface area contributed by atoms with Crippen LogP contribution in [0.4, 0.5) is 4.39 Å². The maximum absolute atomic E-state index is 13.8. The Morgan fingerprint density at radius 1 is 1.21 bits per heavy atom. The molecule has 1 aliphatic rings. The van der Waals surface area contributed by atoms with Gasteiger partial charge in [0.2, 0.25) is 10.0 Å². The fraction of sp³-hybridized carbons (Fsp3) is 0.316. The number of sulfonamides is 1. The zero-order valence-corrected chi connectivity index (χ0v) is 16.9. The summed E-state index contributed by atoms with van der Waals surface area (Å²) < 4.78 is 46.0. The van der Waals surface area contributed by atoms with Crippen molar-refractivity contribution in [2.24, 2.45) is 11.7 Å². The number of halogens is 2. The minimum absolute atomic E-state index is 0. The molecule has 0 spiro atoms. The second-order valence-corrected chi connectivity index (χ2v) is 8.37. The molecule has 2 aromatic rings. The number of rotatable bonds is 5. The third-order valence-corrected chi connectivity index (χ3v) is 6.78. The minimum Gasteiger partial charge on any atom is -0.465 e. The van der Waals surface area contributed by atoms with Gasteiger partial charge in [-0.25, -0.2) is 17.6 Å². The van der Waals surface area contributed by atoms with Crippen LogP contribution in [0.15, 0.2) is 53.4 Å². The predicted molar refractivity (Wildman–Crippen MR) is 105 cm³/mol. The Hall–Kier alpha value is -2.00. The minimum atomic E-state index is -4.09. The Morgan fingerprint density at radius 3 is 2.50 bits per heavy atom. The highest BCUT2D eigenvalue weighted by Crippen LogP contribution is 2.36. The van der Waals surface area contributed by atoms with Crippen molar-refractivity contribution in [1.29, 1.82) is 0 Å². The number of hydrogen-bond donors (Lipinski definition) is 1. The van der Waals surface area contributed by atoms with Gasteiger partial charge in [-0.1, -0.05) is 30.3 Å². The zero-order valence-electron chi connectivity index (χ0n) is 15.2. The number of ether oxygens (including phenoxy) is 1. The van der Waals surface area contributed by atoms with Crippen molar-refractivity contribution in [3.8, 4) is 0 Å². The Balaban J connectivity index is 0.00000280. The molecule has 9 heteroatoms. The molecule has 0 aromatic heterocycles. The van der Waals surface area contributed by atoms with Crippen molar-refractivity contribution in [3.63, 3.8) is 0 Å². The summed E-state index contributed by atoms with van der Waals surface area (Å²) >= 11 is 0. The first kappa shape index (κ1) is 22.3. The summed E-state index contributed by atoms with van der Waals surface area (Å²) in [4.78, 5) is 11.6. The van der Waals surface area contributed by atoms with Crippen molar-refractivity contribution in [2.45, 2.75) is 10.8 Å². The van der Waals surface area contributed by atoms with E-state index in [0.29, 0.717) is 6.54 Å². The van der Waals surface area contributed by atoms with E-state index in [9.17, 15) is 17.6 Å². The van der Waals surface area contributed by atoms with Crippen LogP contribution in [0.5, 0.6) is 0 Å². The van der Waals surface area contributed by atoms with Gasteiger partial charge in [0.05, 0.1) is 17.6 Å². The Morgan fingerprint density at radius 2 is 1.89 bits per heavy atom. The van der Waals surface area contributed by atoms with E-state index in [1.54, 1.807) is 0 Å². The molecule has 0 aliphatic carbocycles. The van der Waals surface area contributed by atoms with E-state index in [4.69, 9.17) is 5.73 Å². The summed E-state index contributed by atoms with van der Waals surface area (Å²) in [7, 11) is -2.95. The third-order valence-electron chi connectivity index (χ3n) is 4.90. The number of nitrogens with two attached hydrogens (primary N) is 1. The summed E-state index contributed by atoms with van der Waals surface area (Å²) in [5.74, 6) is -1.71. The second-order valence-electron chi connectivity index (χ2n) is 6.47. The van der Waals surface area contributed by atoms with Gasteiger partial charge in [-0.15, -0.1) is 12.4 Å². The van der Waals surface area contributed by atoms with Crippen LogP contribution in [-0.2, 0) is 14.8 Å². The van der Waals surface area contributed by atoms with Crippen molar-refractivity contribution < 1.29 is 22.3 Å². The molecule has 0 unspecified atom stereocenters. The number of carbonyl (C=O) groups is 1. The van der Waals surface area contributed by atoms with E-state index >= 15 is 0 Å². The number of methoxy groups -OCH3 is 1. The molecule has 2 N–H and O–H groups in total. The largest absolute Gasteiger partial charge is 0.465 e. The maximum atomic E-state index is 13.8. The predicted octanol–water partition coefficient (Wildman–Crippen LogP) is 2.40. The molecule has 2 aromatic carbocycles. The lowest BCUT2D eigenvalue weighted by Crippen LogP contribution is -2.31. The van der Waals surface area contributed by atoms with Crippen LogP contribution in [0.1, 0.15) is 21.8 Å². The van der Waals surface area contributed by atoms with E-state index in [0.717, 1.165) is 30.9 Å². The molecule has 0 bridgehead atoms. The summed E-state index contributed by atoms with van der Waals surface area (Å²) in [5, 5.41) is 0. The van der Waals surface area contributed by atoms with Gasteiger partial charge in [-0.05, 0) is 36.2 Å². The number of benzene rings is 2. The first-order valence-electron chi connectivity index (χ1n) is 8.51. The summed E-state index contributed by atoms with van der Waals surface area (Å²) in [6, 6.07) is 12.6. The first-order valence-corrected chi connectivity index (χ1v) is 9.95. The van der Waals surface area contributed by atoms with E-state index in [1.807, 2.05) is 30.3 Å². The summed E-state index contributed by atoms with van der Waals surface area (Å²) in [5.41, 5.74) is 6.68. The second kappa shape index (κ2) is 9.00. The van der Waals surface area contributed by atoms with Gasteiger partial charge in [0.1, 0.15) is 5.82 Å². The molecule has 1 aliphatic heterocycles. The maximum Gasteiger partial charge on any atom is 0.339 e. The molecule has 3 rings (SSSR count). The van der Waals surface area contributed by atoms with E-state index < -0.39 is 21.8 Å². The van der Waals surface area contributed by atoms with Crippen molar-refractivity contribution >= 4 is 28.4 Å². The zero-order chi connectivity index (χ0) is 19.6. The molecule has 2 atom stereocenters. The van der Waals surface area contributed by atoms with Gasteiger partial charge in [0.25, 0.3) is 0 Å². The van der Waals surface area contributed by atoms with Gasteiger partial charge in [-0.3, -0.25) is 0 Å². The van der Waals surface area contributed by atoms with Gasteiger partial charge in [0.15, 0.2) is 0 Å². The molecular formula is C19H22ClFN2O4S. The fourth-order valence-electron chi connectivity index (χ4n) is 3.47. The fourth-order valence-corrected chi connectivity index (χ4v) is 5.19. The lowest BCUT2D eigenvalue weighted by molar-refractivity contribution is 0.0596.